The number of nitrogens with one attached hydrogen (secondary N) is 2. The van der Waals surface area contributed by atoms with Crippen LogP contribution in [0.15, 0.2) is 53.8 Å². The molecule has 0 saturated heterocycles. The van der Waals surface area contributed by atoms with Gasteiger partial charge in [-0.2, -0.15) is 0 Å². The summed E-state index contributed by atoms with van der Waals surface area (Å²) in [6.07, 6.45) is 3.15. The van der Waals surface area contributed by atoms with Gasteiger partial charge in [-0.3, -0.25) is 25.0 Å². The fourth-order valence-corrected chi connectivity index (χ4v) is 2.07. The van der Waals surface area contributed by atoms with Gasteiger partial charge in [0.2, 0.25) is 5.84 Å². The van der Waals surface area contributed by atoms with Crippen molar-refractivity contribution in [3.05, 3.63) is 54.4 Å². The summed E-state index contributed by atoms with van der Waals surface area (Å²) in [7, 11) is 0. The summed E-state index contributed by atoms with van der Waals surface area (Å²) < 4.78 is 0. The zero-order valence-electron chi connectivity index (χ0n) is 12.5. The van der Waals surface area contributed by atoms with Crippen LogP contribution in [0.1, 0.15) is 5.56 Å². The summed E-state index contributed by atoms with van der Waals surface area (Å²) in [5, 5.41) is 4.00. The van der Waals surface area contributed by atoms with E-state index in [-0.39, 0.29) is 18.3 Å². The highest BCUT2D eigenvalue weighted by atomic mass is 16.2. The van der Waals surface area contributed by atoms with E-state index in [9.17, 15) is 9.59 Å². The molecule has 7 nitrogen and oxygen atoms in total. The molecule has 1 aliphatic rings. The van der Waals surface area contributed by atoms with Crippen molar-refractivity contribution in [3.63, 3.8) is 0 Å². The van der Waals surface area contributed by atoms with Crippen molar-refractivity contribution in [2.45, 2.75) is 6.92 Å². The number of amides is 2. The third-order valence-corrected chi connectivity index (χ3v) is 3.27. The van der Waals surface area contributed by atoms with Gasteiger partial charge in [-0.25, -0.2) is 5.01 Å². The van der Waals surface area contributed by atoms with E-state index in [0.29, 0.717) is 11.4 Å². The van der Waals surface area contributed by atoms with Gasteiger partial charge in [0.05, 0.1) is 17.6 Å². The Bertz CT molecular complexity index is 756. The largest absolute Gasteiger partial charge is 0.318 e. The third kappa shape index (κ3) is 3.34. The fraction of sp³-hybridized carbons (Fsp3) is 0.125. The second kappa shape index (κ2) is 6.27. The molecule has 1 aliphatic heterocycles. The number of hydrogen-bond donors (Lipinski definition) is 2. The summed E-state index contributed by atoms with van der Waals surface area (Å²) in [4.78, 5) is 32.2. The zero-order valence-corrected chi connectivity index (χ0v) is 12.5. The number of amidine groups is 1. The molecule has 2 heterocycles. The van der Waals surface area contributed by atoms with Crippen LogP contribution < -0.4 is 15.8 Å². The number of anilines is 2. The van der Waals surface area contributed by atoms with Crippen molar-refractivity contribution < 1.29 is 9.59 Å². The number of aliphatic imine (C=N–C) groups is 1. The van der Waals surface area contributed by atoms with E-state index in [1.807, 2.05) is 31.2 Å². The van der Waals surface area contributed by atoms with Gasteiger partial charge in [0.15, 0.2) is 0 Å². The molecule has 1 aromatic heterocycles. The van der Waals surface area contributed by atoms with Crippen molar-refractivity contribution in [1.29, 1.82) is 0 Å². The van der Waals surface area contributed by atoms with Gasteiger partial charge >= 0.3 is 0 Å². The highest BCUT2D eigenvalue weighted by molar-refractivity contribution is 6.43. The molecule has 2 aromatic rings. The van der Waals surface area contributed by atoms with Crippen LogP contribution in [-0.4, -0.2) is 29.2 Å². The number of carbonyl (C=O) groups is 2. The van der Waals surface area contributed by atoms with Crippen molar-refractivity contribution in [1.82, 2.24) is 10.4 Å². The van der Waals surface area contributed by atoms with Crippen LogP contribution in [0.2, 0.25) is 0 Å². The Morgan fingerprint density at radius 3 is 2.74 bits per heavy atom. The first-order valence-corrected chi connectivity index (χ1v) is 7.05. The van der Waals surface area contributed by atoms with Gasteiger partial charge in [-0.15, -0.1) is 0 Å². The smallest absolute Gasteiger partial charge is 0.292 e. The molecule has 116 valence electrons. The lowest BCUT2D eigenvalue weighted by molar-refractivity contribution is -0.118. The van der Waals surface area contributed by atoms with Gasteiger partial charge in [0, 0.05) is 6.20 Å². The van der Waals surface area contributed by atoms with E-state index >= 15 is 0 Å². The summed E-state index contributed by atoms with van der Waals surface area (Å²) >= 11 is 0. The minimum Gasteiger partial charge on any atom is -0.318 e. The zero-order chi connectivity index (χ0) is 16.2. The molecule has 0 atom stereocenters. The Kier molecular flexibility index (Phi) is 4.01. The van der Waals surface area contributed by atoms with Crippen LogP contribution in [0.5, 0.6) is 0 Å². The fourth-order valence-electron chi connectivity index (χ4n) is 2.07. The average molecular weight is 309 g/mol. The number of pyridine rings is 1. The Morgan fingerprint density at radius 2 is 2.04 bits per heavy atom. The number of benzene rings is 1. The predicted molar refractivity (Wildman–Crippen MR) is 87.0 cm³/mol. The average Bonchev–Trinajstić information content (AvgIpc) is 2.57. The first-order chi connectivity index (χ1) is 11.1. The molecule has 0 bridgehead atoms. The van der Waals surface area contributed by atoms with E-state index < -0.39 is 5.91 Å². The lowest BCUT2D eigenvalue weighted by Gasteiger charge is -2.27. The lowest BCUT2D eigenvalue weighted by atomic mass is 10.2. The standard InChI is InChI=1S/C16H15N5O2/c1-11-4-6-13(7-5-11)21-14(22)10-18-15(20-21)16(23)19-12-3-2-8-17-9-12/h2-9H,10H2,1H3,(H,18,20)(H,19,23). The molecule has 1 aromatic carbocycles. The summed E-state index contributed by atoms with van der Waals surface area (Å²) in [6.45, 7) is 1.88. The molecule has 0 unspecified atom stereocenters. The number of rotatable bonds is 3. The van der Waals surface area contributed by atoms with Crippen LogP contribution in [0.25, 0.3) is 0 Å². The topological polar surface area (TPSA) is 86.7 Å². The van der Waals surface area contributed by atoms with Gasteiger partial charge in [0.25, 0.3) is 11.8 Å². The first kappa shape index (κ1) is 14.7. The number of aryl methyl sites for hydroxylation is 1. The Morgan fingerprint density at radius 1 is 1.26 bits per heavy atom. The molecule has 0 aliphatic carbocycles. The molecular formula is C16H15N5O2. The van der Waals surface area contributed by atoms with Crippen LogP contribution in [0, 0.1) is 6.92 Å². The predicted octanol–water partition coefficient (Wildman–Crippen LogP) is 1.28. The maximum Gasteiger partial charge on any atom is 0.292 e. The van der Waals surface area contributed by atoms with Crippen LogP contribution in [-0.2, 0) is 9.59 Å². The number of aromatic nitrogens is 1. The van der Waals surface area contributed by atoms with Crippen LogP contribution in [0.3, 0.4) is 0 Å². The second-order valence-electron chi connectivity index (χ2n) is 5.04. The van der Waals surface area contributed by atoms with E-state index in [0.717, 1.165) is 5.56 Å². The molecule has 0 spiro atoms. The summed E-state index contributed by atoms with van der Waals surface area (Å²) in [5.41, 5.74) is 5.06. The highest BCUT2D eigenvalue weighted by Crippen LogP contribution is 2.15. The van der Waals surface area contributed by atoms with Gasteiger partial charge in [-0.05, 0) is 31.2 Å². The molecule has 2 amide bonds. The molecule has 3 rings (SSSR count). The van der Waals surface area contributed by atoms with Crippen molar-refractivity contribution in [2.24, 2.45) is 4.99 Å². The quantitative estimate of drug-likeness (QED) is 0.894. The van der Waals surface area contributed by atoms with Crippen LogP contribution >= 0.6 is 0 Å². The highest BCUT2D eigenvalue weighted by Gasteiger charge is 2.25. The molecule has 0 radical (unpaired) electrons. The molecule has 0 fully saturated rings. The minimum atomic E-state index is -0.428. The number of hydrazine groups is 1. The second-order valence-corrected chi connectivity index (χ2v) is 5.04. The Labute approximate surface area is 133 Å². The van der Waals surface area contributed by atoms with Crippen molar-refractivity contribution in [2.75, 3.05) is 16.9 Å². The number of carbonyl (C=O) groups excluding carboxylic acids is 2. The van der Waals surface area contributed by atoms with E-state index in [1.165, 1.54) is 11.2 Å². The van der Waals surface area contributed by atoms with E-state index in [1.54, 1.807) is 18.3 Å². The van der Waals surface area contributed by atoms with Crippen molar-refractivity contribution in [3.8, 4) is 0 Å². The van der Waals surface area contributed by atoms with Crippen molar-refractivity contribution >= 4 is 29.0 Å². The van der Waals surface area contributed by atoms with E-state index in [2.05, 4.69) is 20.7 Å². The maximum atomic E-state index is 12.2. The lowest BCUT2D eigenvalue weighted by Crippen LogP contribution is -2.54. The summed E-state index contributed by atoms with van der Waals surface area (Å²) in [6, 6.07) is 10.8. The number of hydrogen-bond acceptors (Lipinski definition) is 5. The van der Waals surface area contributed by atoms with Gasteiger partial charge < -0.3 is 5.32 Å². The van der Waals surface area contributed by atoms with E-state index in [4.69, 9.17) is 0 Å². The monoisotopic (exact) mass is 309 g/mol. The van der Waals surface area contributed by atoms with Gasteiger partial charge in [0.1, 0.15) is 6.54 Å². The number of nitrogens with zero attached hydrogens (tertiary/aromatic N) is 3. The normalized spacial score (nSPS) is 14.0. The minimum absolute atomic E-state index is 0.0778. The third-order valence-electron chi connectivity index (χ3n) is 3.27. The molecule has 7 heteroatoms. The van der Waals surface area contributed by atoms with Gasteiger partial charge in [-0.1, -0.05) is 17.7 Å². The Hall–Kier alpha value is -3.22. The first-order valence-electron chi connectivity index (χ1n) is 7.05. The summed E-state index contributed by atoms with van der Waals surface area (Å²) in [5.74, 6) is -0.580. The molecular weight excluding hydrogens is 294 g/mol. The molecule has 2 N–H and O–H groups in total. The SMILES string of the molecule is Cc1ccc(N2NC(C(=O)Nc3cccnc3)=NCC2=O)cc1. The Balaban J connectivity index is 1.75. The maximum absolute atomic E-state index is 12.2. The molecule has 0 saturated carbocycles. The van der Waals surface area contributed by atoms with Crippen LogP contribution in [0.4, 0.5) is 11.4 Å². The molecule has 23 heavy (non-hydrogen) atoms.